The molecule has 30 heavy (non-hydrogen) atoms. The summed E-state index contributed by atoms with van der Waals surface area (Å²) in [5.41, 5.74) is 0. The zero-order valence-electron chi connectivity index (χ0n) is 20.4. The third-order valence-corrected chi connectivity index (χ3v) is 8.40. The van der Waals surface area contributed by atoms with E-state index in [1.54, 1.807) is 0 Å². The summed E-state index contributed by atoms with van der Waals surface area (Å²) in [5.74, 6) is 2.96. The highest BCUT2D eigenvalue weighted by Crippen LogP contribution is 2.16. The van der Waals surface area contributed by atoms with Gasteiger partial charge in [0, 0.05) is 0 Å². The van der Waals surface area contributed by atoms with Crippen molar-refractivity contribution in [2.75, 3.05) is 51.6 Å². The number of quaternary nitrogens is 1. The molecule has 0 aliphatic carbocycles. The summed E-state index contributed by atoms with van der Waals surface area (Å²) >= 11 is 0. The molecule has 0 saturated carbocycles. The minimum absolute atomic E-state index is 0.730. The lowest BCUT2D eigenvalue weighted by Crippen LogP contribution is -2.54. The molecule has 0 unspecified atom stereocenters. The molecule has 0 bridgehead atoms. The van der Waals surface area contributed by atoms with Crippen LogP contribution < -0.4 is 0 Å². The van der Waals surface area contributed by atoms with Crippen molar-refractivity contribution in [3.05, 3.63) is 0 Å². The number of nitrogens with zero attached hydrogens (tertiary/aromatic N) is 1. The zero-order valence-corrected chi connectivity index (χ0v) is 22.0. The summed E-state index contributed by atoms with van der Waals surface area (Å²) in [7, 11) is -0.0635. The van der Waals surface area contributed by atoms with Gasteiger partial charge in [0.05, 0.1) is 27.0 Å². The van der Waals surface area contributed by atoms with Crippen LogP contribution in [0.3, 0.4) is 0 Å². The Hall–Kier alpha value is 0.180. The predicted molar refractivity (Wildman–Crippen MR) is 133 cm³/mol. The van der Waals surface area contributed by atoms with Crippen molar-refractivity contribution in [1.82, 2.24) is 0 Å². The average molecular weight is 470 g/mol. The van der Waals surface area contributed by atoms with Crippen LogP contribution in [0.25, 0.3) is 0 Å². The summed E-state index contributed by atoms with van der Waals surface area (Å²) in [4.78, 5) is 0. The third-order valence-electron chi connectivity index (χ3n) is 6.22. The van der Waals surface area contributed by atoms with Crippen LogP contribution in [0.1, 0.15) is 96.8 Å². The zero-order chi connectivity index (χ0) is 22.7. The lowest BCUT2D eigenvalue weighted by Gasteiger charge is -2.36. The molecule has 0 amide bonds. The lowest BCUT2D eigenvalue weighted by molar-refractivity contribution is -0.906. The summed E-state index contributed by atoms with van der Waals surface area (Å²) in [6.07, 6.45) is 23.0. The van der Waals surface area contributed by atoms with E-state index >= 15 is 0 Å². The van der Waals surface area contributed by atoms with E-state index in [4.69, 9.17) is 4.55 Å². The maximum atomic E-state index is 9.33. The lowest BCUT2D eigenvalue weighted by atomic mass is 10.0. The van der Waals surface area contributed by atoms with E-state index in [2.05, 4.69) is 24.4 Å². The van der Waals surface area contributed by atoms with Gasteiger partial charge in [-0.2, -0.15) is 8.42 Å². The van der Waals surface area contributed by atoms with Crippen molar-refractivity contribution in [2.24, 2.45) is 0 Å². The molecule has 1 fully saturated rings. The summed E-state index contributed by atoms with van der Waals surface area (Å²) in [6, 6.07) is 0. The first-order valence-corrected chi connectivity index (χ1v) is 15.5. The van der Waals surface area contributed by atoms with Crippen molar-refractivity contribution in [1.29, 1.82) is 0 Å². The van der Waals surface area contributed by atoms with Gasteiger partial charge < -0.3 is 4.48 Å². The number of rotatable bonds is 16. The molecular formula is C23H51NO4S2+2. The van der Waals surface area contributed by atoms with Crippen molar-refractivity contribution < 1.29 is 21.6 Å². The van der Waals surface area contributed by atoms with E-state index in [-0.39, 0.29) is 0 Å². The van der Waals surface area contributed by atoms with Gasteiger partial charge in [0.25, 0.3) is 0 Å². The molecule has 0 aromatic carbocycles. The van der Waals surface area contributed by atoms with Gasteiger partial charge in [0.15, 0.2) is 11.5 Å². The molecule has 0 aromatic heterocycles. The van der Waals surface area contributed by atoms with Gasteiger partial charge in [-0.05, 0) is 23.7 Å². The predicted octanol–water partition coefficient (Wildman–Crippen LogP) is 5.61. The van der Waals surface area contributed by atoms with Gasteiger partial charge in [0.2, 0.25) is 0 Å². The molecule has 5 nitrogen and oxygen atoms in total. The van der Waals surface area contributed by atoms with Crippen LogP contribution in [0.4, 0.5) is 0 Å². The molecule has 1 aliphatic heterocycles. The van der Waals surface area contributed by atoms with Crippen molar-refractivity contribution in [3.63, 3.8) is 0 Å². The van der Waals surface area contributed by atoms with Crippen molar-refractivity contribution in [2.45, 2.75) is 96.8 Å². The Bertz CT molecular complexity index is 478. The Labute approximate surface area is 191 Å². The topological polar surface area (TPSA) is 63.6 Å². The molecule has 0 radical (unpaired) electrons. The second-order valence-corrected chi connectivity index (χ2v) is 12.7. The Kier molecular flexibility index (Phi) is 18.8. The molecule has 1 aliphatic rings. The normalized spacial score (nSPS) is 21.8. The largest absolute Gasteiger partial charge is 0.397 e. The van der Waals surface area contributed by atoms with Gasteiger partial charge in [-0.1, -0.05) is 84.0 Å². The van der Waals surface area contributed by atoms with Crippen molar-refractivity contribution >= 4 is 21.3 Å². The molecule has 0 aromatic rings. The van der Waals surface area contributed by atoms with E-state index in [0.717, 1.165) is 18.0 Å². The fraction of sp³-hybridized carbons (Fsp3) is 1.00. The number of hydrogen-bond acceptors (Lipinski definition) is 3. The molecule has 0 atom stereocenters. The smallest absolute Gasteiger partial charge is 0.318 e. The number of hydrogen-bond donors (Lipinski definition) is 1. The Morgan fingerprint density at radius 1 is 0.800 bits per heavy atom. The standard InChI is InChI=1S/C22H47NS.CH4O4S/c1-4-5-6-7-8-9-10-11-12-13-14-15-16-17-18-23(2)19-21-24(3)22-20-23;1-5-6(2,3)4/h4-22H2,1-3H3;1H3,(H,2,3,4)/q+2;. The third kappa shape index (κ3) is 20.1. The number of unbranched alkanes of at least 4 members (excludes halogenated alkanes) is 13. The minimum Gasteiger partial charge on any atom is -0.318 e. The van der Waals surface area contributed by atoms with Gasteiger partial charge in [-0.3, -0.25) is 8.74 Å². The first-order valence-electron chi connectivity index (χ1n) is 12.2. The van der Waals surface area contributed by atoms with Gasteiger partial charge in [-0.25, -0.2) is 0 Å². The second-order valence-electron chi connectivity index (χ2n) is 9.17. The van der Waals surface area contributed by atoms with Crippen LogP contribution in [0.5, 0.6) is 0 Å². The van der Waals surface area contributed by atoms with Crippen LogP contribution >= 0.6 is 0 Å². The second kappa shape index (κ2) is 18.7. The van der Waals surface area contributed by atoms with Crippen LogP contribution in [-0.2, 0) is 25.5 Å². The van der Waals surface area contributed by atoms with E-state index in [0.29, 0.717) is 0 Å². The highest BCUT2D eigenvalue weighted by Gasteiger charge is 2.32. The molecular weight excluding hydrogens is 418 g/mol. The van der Waals surface area contributed by atoms with Crippen LogP contribution in [-0.4, -0.2) is 69.0 Å². The summed E-state index contributed by atoms with van der Waals surface area (Å²) in [6.45, 7) is 6.63. The molecule has 0 spiro atoms. The maximum absolute atomic E-state index is 9.33. The summed E-state index contributed by atoms with van der Waals surface area (Å²) in [5, 5.41) is 0. The Balaban J connectivity index is 0.00000122. The highest BCUT2D eigenvalue weighted by molar-refractivity contribution is 7.96. The van der Waals surface area contributed by atoms with E-state index in [9.17, 15) is 8.42 Å². The van der Waals surface area contributed by atoms with Crippen LogP contribution in [0, 0.1) is 0 Å². The first kappa shape index (κ1) is 30.2. The Morgan fingerprint density at radius 2 is 1.13 bits per heavy atom. The fourth-order valence-corrected chi connectivity index (χ4v) is 5.59. The summed E-state index contributed by atoms with van der Waals surface area (Å²) < 4.78 is 31.1. The van der Waals surface area contributed by atoms with Crippen LogP contribution in [0.2, 0.25) is 0 Å². The van der Waals surface area contributed by atoms with Gasteiger partial charge in [-0.15, -0.1) is 0 Å². The van der Waals surface area contributed by atoms with Crippen LogP contribution in [0.15, 0.2) is 0 Å². The fourth-order valence-electron chi connectivity index (χ4n) is 3.88. The monoisotopic (exact) mass is 469 g/mol. The minimum atomic E-state index is -4.16. The van der Waals surface area contributed by atoms with Gasteiger partial charge >= 0.3 is 10.4 Å². The van der Waals surface area contributed by atoms with Gasteiger partial charge in [0.1, 0.15) is 13.1 Å². The molecule has 1 rings (SSSR count). The Morgan fingerprint density at radius 3 is 1.47 bits per heavy atom. The maximum Gasteiger partial charge on any atom is 0.397 e. The molecule has 1 heterocycles. The first-order chi connectivity index (χ1) is 14.2. The quantitative estimate of drug-likeness (QED) is 0.138. The van der Waals surface area contributed by atoms with E-state index in [1.807, 2.05) is 0 Å². The highest BCUT2D eigenvalue weighted by atomic mass is 32.3. The van der Waals surface area contributed by atoms with E-state index < -0.39 is 10.4 Å². The molecule has 1 N–H and O–H groups in total. The SMILES string of the molecule is CCCCCCCCCCCCCCCC[N+]1(C)CC[S+](C)CC1.COS(=O)(=O)O. The van der Waals surface area contributed by atoms with Crippen molar-refractivity contribution in [3.8, 4) is 0 Å². The molecule has 1 saturated heterocycles. The average Bonchev–Trinajstić information content (AvgIpc) is 2.71. The van der Waals surface area contributed by atoms with E-state index in [1.165, 1.54) is 126 Å². The molecule has 7 heteroatoms. The molecule has 182 valence electrons.